The van der Waals surface area contributed by atoms with Gasteiger partial charge in [0.05, 0.1) is 18.2 Å². The van der Waals surface area contributed by atoms with E-state index in [0.29, 0.717) is 18.1 Å². The standard InChI is InChI=1S/C15H17N5OS2/c1-10-4-5-12(11(2)8-10)18-14-19-20-15(23-14)22-9-13(21)17-7-3-6-16/h4-5,8H,3,7,9H2,1-2H3,(H,17,21)(H,18,19). The number of anilines is 2. The fourth-order valence-corrected chi connectivity index (χ4v) is 3.42. The molecule has 2 N–H and O–H groups in total. The first-order valence-corrected chi connectivity index (χ1v) is 8.83. The highest BCUT2D eigenvalue weighted by molar-refractivity contribution is 8.01. The van der Waals surface area contributed by atoms with Gasteiger partial charge < -0.3 is 10.6 Å². The molecule has 0 aliphatic heterocycles. The van der Waals surface area contributed by atoms with Gasteiger partial charge in [-0.2, -0.15) is 5.26 Å². The Morgan fingerprint density at radius 2 is 2.22 bits per heavy atom. The van der Waals surface area contributed by atoms with Gasteiger partial charge in [0, 0.05) is 12.2 Å². The quantitative estimate of drug-likeness (QED) is 0.591. The number of carbonyl (C=O) groups excluding carboxylic acids is 1. The van der Waals surface area contributed by atoms with Gasteiger partial charge in [-0.1, -0.05) is 40.8 Å². The van der Waals surface area contributed by atoms with E-state index >= 15 is 0 Å². The maximum atomic E-state index is 11.6. The number of aryl methyl sites for hydroxylation is 2. The minimum atomic E-state index is -0.107. The normalized spacial score (nSPS) is 10.1. The third kappa shape index (κ3) is 5.54. The number of rotatable bonds is 7. The van der Waals surface area contributed by atoms with Crippen LogP contribution < -0.4 is 10.6 Å². The summed E-state index contributed by atoms with van der Waals surface area (Å²) in [4.78, 5) is 11.6. The maximum absolute atomic E-state index is 11.6. The average molecular weight is 347 g/mol. The third-order valence-electron chi connectivity index (χ3n) is 2.92. The summed E-state index contributed by atoms with van der Waals surface area (Å²) < 4.78 is 0.729. The summed E-state index contributed by atoms with van der Waals surface area (Å²) in [7, 11) is 0. The highest BCUT2D eigenvalue weighted by Gasteiger charge is 2.09. The minimum absolute atomic E-state index is 0.107. The first-order valence-electron chi connectivity index (χ1n) is 7.02. The van der Waals surface area contributed by atoms with Crippen LogP contribution in [0.15, 0.2) is 22.5 Å². The van der Waals surface area contributed by atoms with Gasteiger partial charge >= 0.3 is 0 Å². The van der Waals surface area contributed by atoms with Crippen molar-refractivity contribution in [1.82, 2.24) is 15.5 Å². The van der Waals surface area contributed by atoms with Gasteiger partial charge in [-0.15, -0.1) is 10.2 Å². The predicted octanol–water partition coefficient (Wildman–Crippen LogP) is 3.02. The van der Waals surface area contributed by atoms with E-state index in [-0.39, 0.29) is 11.7 Å². The van der Waals surface area contributed by atoms with Crippen molar-refractivity contribution >= 4 is 39.8 Å². The van der Waals surface area contributed by atoms with Gasteiger partial charge in [0.25, 0.3) is 0 Å². The lowest BCUT2D eigenvalue weighted by molar-refractivity contribution is -0.118. The largest absolute Gasteiger partial charge is 0.354 e. The van der Waals surface area contributed by atoms with Crippen molar-refractivity contribution in [3.05, 3.63) is 29.3 Å². The van der Waals surface area contributed by atoms with Crippen LogP contribution in [0.3, 0.4) is 0 Å². The molecule has 0 saturated carbocycles. The number of carbonyl (C=O) groups is 1. The van der Waals surface area contributed by atoms with Crippen LogP contribution in [0.1, 0.15) is 17.5 Å². The van der Waals surface area contributed by atoms with E-state index in [2.05, 4.69) is 33.8 Å². The Bertz CT molecular complexity index is 723. The Morgan fingerprint density at radius 1 is 1.39 bits per heavy atom. The molecule has 0 spiro atoms. The van der Waals surface area contributed by atoms with Crippen LogP contribution in [0.2, 0.25) is 0 Å². The van der Waals surface area contributed by atoms with Crippen molar-refractivity contribution in [2.24, 2.45) is 0 Å². The van der Waals surface area contributed by atoms with Crippen LogP contribution in [0.25, 0.3) is 0 Å². The number of hydrogen-bond acceptors (Lipinski definition) is 7. The molecule has 0 unspecified atom stereocenters. The van der Waals surface area contributed by atoms with E-state index in [0.717, 1.165) is 15.6 Å². The summed E-state index contributed by atoms with van der Waals surface area (Å²) >= 11 is 2.74. The minimum Gasteiger partial charge on any atom is -0.354 e. The Kier molecular flexibility index (Phi) is 6.38. The lowest BCUT2D eigenvalue weighted by atomic mass is 10.1. The number of amides is 1. The molecule has 6 nitrogen and oxygen atoms in total. The summed E-state index contributed by atoms with van der Waals surface area (Å²) in [5.41, 5.74) is 3.35. The smallest absolute Gasteiger partial charge is 0.230 e. The highest BCUT2D eigenvalue weighted by Crippen LogP contribution is 2.28. The molecule has 1 aromatic carbocycles. The van der Waals surface area contributed by atoms with E-state index < -0.39 is 0 Å². The summed E-state index contributed by atoms with van der Waals surface area (Å²) in [5.74, 6) is 0.160. The van der Waals surface area contributed by atoms with E-state index in [4.69, 9.17) is 5.26 Å². The van der Waals surface area contributed by atoms with E-state index in [1.54, 1.807) is 0 Å². The lowest BCUT2D eigenvalue weighted by Gasteiger charge is -2.06. The summed E-state index contributed by atoms with van der Waals surface area (Å²) in [6, 6.07) is 8.14. The van der Waals surface area contributed by atoms with E-state index in [9.17, 15) is 4.79 Å². The fraction of sp³-hybridized carbons (Fsp3) is 0.333. The van der Waals surface area contributed by atoms with Gasteiger partial charge in [0.1, 0.15) is 0 Å². The van der Waals surface area contributed by atoms with Crippen molar-refractivity contribution in [2.45, 2.75) is 24.6 Å². The molecule has 0 bridgehead atoms. The van der Waals surface area contributed by atoms with Crippen molar-refractivity contribution in [2.75, 3.05) is 17.6 Å². The summed E-state index contributed by atoms with van der Waals surface area (Å²) in [5, 5.41) is 23.2. The molecule has 0 aliphatic carbocycles. The summed E-state index contributed by atoms with van der Waals surface area (Å²) in [6.07, 6.45) is 0.319. The molecule has 0 radical (unpaired) electrons. The molecular weight excluding hydrogens is 330 g/mol. The molecule has 8 heteroatoms. The van der Waals surface area contributed by atoms with Gasteiger partial charge in [0.2, 0.25) is 11.0 Å². The Hall–Kier alpha value is -2.11. The Morgan fingerprint density at radius 3 is 2.96 bits per heavy atom. The van der Waals surface area contributed by atoms with Crippen LogP contribution in [0.4, 0.5) is 10.8 Å². The van der Waals surface area contributed by atoms with Gasteiger partial charge in [-0.3, -0.25) is 4.79 Å². The zero-order valence-electron chi connectivity index (χ0n) is 12.9. The van der Waals surface area contributed by atoms with Crippen molar-refractivity contribution in [3.8, 4) is 6.07 Å². The van der Waals surface area contributed by atoms with Crippen molar-refractivity contribution in [3.63, 3.8) is 0 Å². The molecule has 0 fully saturated rings. The number of aromatic nitrogens is 2. The topological polar surface area (TPSA) is 90.7 Å². The van der Waals surface area contributed by atoms with Gasteiger partial charge in [-0.05, 0) is 25.5 Å². The number of nitriles is 1. The van der Waals surface area contributed by atoms with Crippen LogP contribution in [0, 0.1) is 25.2 Å². The van der Waals surface area contributed by atoms with Crippen LogP contribution in [-0.2, 0) is 4.79 Å². The van der Waals surface area contributed by atoms with Crippen LogP contribution >= 0.6 is 23.1 Å². The molecule has 2 rings (SSSR count). The predicted molar refractivity (Wildman–Crippen MR) is 93.1 cm³/mol. The highest BCUT2D eigenvalue weighted by atomic mass is 32.2. The van der Waals surface area contributed by atoms with Crippen molar-refractivity contribution in [1.29, 1.82) is 5.26 Å². The zero-order valence-corrected chi connectivity index (χ0v) is 14.6. The van der Waals surface area contributed by atoms with Crippen molar-refractivity contribution < 1.29 is 4.79 Å². The number of nitrogens with zero attached hydrogens (tertiary/aromatic N) is 3. The monoisotopic (exact) mass is 347 g/mol. The second kappa shape index (κ2) is 8.50. The summed E-state index contributed by atoms with van der Waals surface area (Å²) in [6.45, 7) is 4.47. The SMILES string of the molecule is Cc1ccc(Nc2nnc(SCC(=O)NCCC#N)s2)c(C)c1. The number of benzene rings is 1. The molecule has 1 aromatic heterocycles. The van der Waals surface area contributed by atoms with Gasteiger partial charge in [0.15, 0.2) is 4.34 Å². The zero-order chi connectivity index (χ0) is 16.7. The third-order valence-corrected chi connectivity index (χ3v) is 4.89. The molecule has 120 valence electrons. The molecule has 1 heterocycles. The maximum Gasteiger partial charge on any atom is 0.230 e. The average Bonchev–Trinajstić information content (AvgIpc) is 2.96. The fourth-order valence-electron chi connectivity index (χ4n) is 1.82. The Balaban J connectivity index is 1.86. The molecule has 0 aliphatic rings. The van der Waals surface area contributed by atoms with Crippen LogP contribution in [0.5, 0.6) is 0 Å². The number of thioether (sulfide) groups is 1. The molecule has 2 aromatic rings. The number of hydrogen-bond donors (Lipinski definition) is 2. The van der Waals surface area contributed by atoms with E-state index in [1.165, 1.54) is 28.7 Å². The lowest BCUT2D eigenvalue weighted by Crippen LogP contribution is -2.25. The number of nitrogens with one attached hydrogen (secondary N) is 2. The molecule has 1 amide bonds. The Labute approximate surface area is 143 Å². The first kappa shape index (κ1) is 17.2. The van der Waals surface area contributed by atoms with E-state index in [1.807, 2.05) is 25.1 Å². The molecule has 23 heavy (non-hydrogen) atoms. The first-order chi connectivity index (χ1) is 11.1. The molecule has 0 atom stereocenters. The van der Waals surface area contributed by atoms with Crippen LogP contribution in [-0.4, -0.2) is 28.4 Å². The second-order valence-electron chi connectivity index (χ2n) is 4.86. The second-order valence-corrected chi connectivity index (χ2v) is 7.06. The molecular formula is C15H17N5OS2. The molecule has 0 saturated heterocycles. The van der Waals surface area contributed by atoms with Gasteiger partial charge in [-0.25, -0.2) is 0 Å².